The third-order valence-electron chi connectivity index (χ3n) is 3.28. The molecule has 1 heterocycles. The highest BCUT2D eigenvalue weighted by atomic mass is 32.2. The minimum absolute atomic E-state index is 0.0745. The lowest BCUT2D eigenvalue weighted by Gasteiger charge is -2.31. The smallest absolute Gasteiger partial charge is 0.242 e. The van der Waals surface area contributed by atoms with Crippen molar-refractivity contribution in [3.8, 4) is 0 Å². The molecule has 0 bridgehead atoms. The summed E-state index contributed by atoms with van der Waals surface area (Å²) in [4.78, 5) is 48.9. The van der Waals surface area contributed by atoms with E-state index in [9.17, 15) is 19.2 Å². The number of piperazine rings is 1. The maximum absolute atomic E-state index is 11.7. The number of Topliss-reactive ketones (excluding diaryl/α,β-unsaturated/α-hetero) is 2. The lowest BCUT2D eigenvalue weighted by molar-refractivity contribution is -0.148. The molecule has 1 fully saturated rings. The van der Waals surface area contributed by atoms with Gasteiger partial charge in [0.05, 0.1) is 24.6 Å². The molecule has 118 valence electrons. The summed E-state index contributed by atoms with van der Waals surface area (Å²) >= 11 is 1.34. The van der Waals surface area contributed by atoms with Crippen LogP contribution in [0.1, 0.15) is 26.2 Å². The van der Waals surface area contributed by atoms with Crippen LogP contribution in [0, 0.1) is 0 Å². The molecule has 7 heteroatoms. The summed E-state index contributed by atoms with van der Waals surface area (Å²) in [5, 5.41) is 0. The topological polar surface area (TPSA) is 74.8 Å². The van der Waals surface area contributed by atoms with Gasteiger partial charge in [-0.15, -0.1) is 11.8 Å². The molecule has 0 aromatic rings. The van der Waals surface area contributed by atoms with Crippen LogP contribution in [-0.2, 0) is 19.2 Å². The number of carbonyl (C=O) groups excluding carboxylic acids is 4. The lowest BCUT2D eigenvalue weighted by Crippen LogP contribution is -2.52. The first-order chi connectivity index (χ1) is 9.93. The highest BCUT2D eigenvalue weighted by Crippen LogP contribution is 2.08. The van der Waals surface area contributed by atoms with E-state index in [1.54, 1.807) is 14.0 Å². The van der Waals surface area contributed by atoms with Gasteiger partial charge < -0.3 is 9.80 Å². The summed E-state index contributed by atoms with van der Waals surface area (Å²) in [5.74, 6) is 0.794. The second kappa shape index (κ2) is 8.81. The Bertz CT molecular complexity index is 425. The molecule has 2 amide bonds. The Morgan fingerprint density at radius 3 is 2.43 bits per heavy atom. The Balaban J connectivity index is 2.18. The van der Waals surface area contributed by atoms with E-state index in [2.05, 4.69) is 0 Å². The van der Waals surface area contributed by atoms with Crippen LogP contribution in [0.4, 0.5) is 0 Å². The largest absolute Gasteiger partial charge is 0.335 e. The van der Waals surface area contributed by atoms with Crippen LogP contribution >= 0.6 is 11.8 Å². The number of likely N-dealkylation sites (N-methyl/N-ethyl adjacent to an activating group) is 1. The van der Waals surface area contributed by atoms with Gasteiger partial charge in [-0.1, -0.05) is 6.92 Å². The molecule has 6 nitrogen and oxygen atoms in total. The molecule has 0 atom stereocenters. The van der Waals surface area contributed by atoms with Gasteiger partial charge in [-0.25, -0.2) is 0 Å². The summed E-state index contributed by atoms with van der Waals surface area (Å²) in [6.07, 6.45) is 1.44. The summed E-state index contributed by atoms with van der Waals surface area (Å²) in [7, 11) is 1.61. The quantitative estimate of drug-likeness (QED) is 0.614. The lowest BCUT2D eigenvalue weighted by atomic mass is 10.2. The van der Waals surface area contributed by atoms with Crippen LogP contribution in [-0.4, -0.2) is 71.4 Å². The summed E-state index contributed by atoms with van der Waals surface area (Å²) < 4.78 is 0. The Morgan fingerprint density at radius 2 is 1.76 bits per heavy atom. The Morgan fingerprint density at radius 1 is 1.10 bits per heavy atom. The third-order valence-corrected chi connectivity index (χ3v) is 4.33. The molecule has 0 aromatic carbocycles. The van der Waals surface area contributed by atoms with Crippen molar-refractivity contribution in [2.24, 2.45) is 0 Å². The molecular formula is C14H22N2O4S. The second-order valence-corrected chi connectivity index (χ2v) is 6.08. The monoisotopic (exact) mass is 314 g/mol. The van der Waals surface area contributed by atoms with Crippen LogP contribution < -0.4 is 0 Å². The first kappa shape index (κ1) is 17.7. The number of ketones is 2. The number of nitrogens with zero attached hydrogens (tertiary/aromatic N) is 2. The average Bonchev–Trinajstić information content (AvgIpc) is 2.44. The van der Waals surface area contributed by atoms with Crippen LogP contribution in [0.5, 0.6) is 0 Å². The minimum atomic E-state index is -0.0764. The summed E-state index contributed by atoms with van der Waals surface area (Å²) in [6.45, 7) is 2.45. The van der Waals surface area contributed by atoms with Gasteiger partial charge in [-0.3, -0.25) is 19.2 Å². The van der Waals surface area contributed by atoms with Gasteiger partial charge in [-0.05, 0) is 6.42 Å². The fourth-order valence-corrected chi connectivity index (χ4v) is 2.79. The van der Waals surface area contributed by atoms with E-state index in [0.29, 0.717) is 37.3 Å². The third kappa shape index (κ3) is 6.29. The van der Waals surface area contributed by atoms with Gasteiger partial charge in [0, 0.05) is 26.4 Å². The molecule has 1 aliphatic heterocycles. The van der Waals surface area contributed by atoms with E-state index in [0.717, 1.165) is 0 Å². The highest BCUT2D eigenvalue weighted by molar-refractivity contribution is 8.00. The fraction of sp³-hybridized carbons (Fsp3) is 0.714. The van der Waals surface area contributed by atoms with Gasteiger partial charge in [-0.2, -0.15) is 0 Å². The van der Waals surface area contributed by atoms with Crippen LogP contribution in [0.25, 0.3) is 0 Å². The van der Waals surface area contributed by atoms with E-state index in [-0.39, 0.29) is 36.5 Å². The molecule has 0 N–H and O–H groups in total. The molecule has 0 aromatic heterocycles. The number of amides is 2. The zero-order chi connectivity index (χ0) is 15.8. The van der Waals surface area contributed by atoms with Crippen LogP contribution in [0.2, 0.25) is 0 Å². The SMILES string of the molecule is CCC(=O)CSCC(=O)CCCN1CC(=O)N(C)CC1=O. The second-order valence-electron chi connectivity index (χ2n) is 5.09. The number of rotatable bonds is 9. The van der Waals surface area contributed by atoms with E-state index in [1.165, 1.54) is 21.6 Å². The molecular weight excluding hydrogens is 292 g/mol. The van der Waals surface area contributed by atoms with Crippen molar-refractivity contribution in [2.45, 2.75) is 26.2 Å². The van der Waals surface area contributed by atoms with Gasteiger partial charge in [0.25, 0.3) is 0 Å². The van der Waals surface area contributed by atoms with E-state index in [1.807, 2.05) is 0 Å². The molecule has 1 aliphatic rings. The predicted molar refractivity (Wildman–Crippen MR) is 81.1 cm³/mol. The Hall–Kier alpha value is -1.37. The van der Waals surface area contributed by atoms with Crippen molar-refractivity contribution in [1.82, 2.24) is 9.80 Å². The van der Waals surface area contributed by atoms with Gasteiger partial charge in [0.2, 0.25) is 11.8 Å². The van der Waals surface area contributed by atoms with Gasteiger partial charge in [0.1, 0.15) is 11.6 Å². The zero-order valence-electron chi connectivity index (χ0n) is 12.6. The van der Waals surface area contributed by atoms with Gasteiger partial charge in [0.15, 0.2) is 0 Å². The first-order valence-electron chi connectivity index (χ1n) is 7.07. The number of hydrogen-bond acceptors (Lipinski definition) is 5. The van der Waals surface area contributed by atoms with Crippen molar-refractivity contribution in [1.29, 1.82) is 0 Å². The molecule has 0 aliphatic carbocycles. The zero-order valence-corrected chi connectivity index (χ0v) is 13.4. The molecule has 0 unspecified atom stereocenters. The Kier molecular flexibility index (Phi) is 7.42. The van der Waals surface area contributed by atoms with Crippen LogP contribution in [0.3, 0.4) is 0 Å². The molecule has 0 radical (unpaired) electrons. The van der Waals surface area contributed by atoms with Crippen LogP contribution in [0.15, 0.2) is 0 Å². The number of thioether (sulfide) groups is 1. The molecule has 21 heavy (non-hydrogen) atoms. The van der Waals surface area contributed by atoms with E-state index in [4.69, 9.17) is 0 Å². The fourth-order valence-electron chi connectivity index (χ4n) is 1.89. The standard InChI is InChI=1S/C14H22N2O4S/c1-3-11(17)9-21-10-12(18)5-4-6-16-8-13(19)15(2)7-14(16)20/h3-10H2,1-2H3. The predicted octanol–water partition coefficient (Wildman–Crippen LogP) is 0.349. The molecule has 1 rings (SSSR count). The maximum Gasteiger partial charge on any atom is 0.242 e. The minimum Gasteiger partial charge on any atom is -0.335 e. The van der Waals surface area contributed by atoms with Crippen molar-refractivity contribution in [2.75, 3.05) is 38.2 Å². The summed E-state index contributed by atoms with van der Waals surface area (Å²) in [5.41, 5.74) is 0. The van der Waals surface area contributed by atoms with E-state index >= 15 is 0 Å². The molecule has 1 saturated heterocycles. The number of carbonyl (C=O) groups is 4. The first-order valence-corrected chi connectivity index (χ1v) is 8.22. The number of hydrogen-bond donors (Lipinski definition) is 0. The van der Waals surface area contributed by atoms with Gasteiger partial charge >= 0.3 is 0 Å². The summed E-state index contributed by atoms with van der Waals surface area (Å²) in [6, 6.07) is 0. The van der Waals surface area contributed by atoms with Crippen molar-refractivity contribution in [3.63, 3.8) is 0 Å². The maximum atomic E-state index is 11.7. The van der Waals surface area contributed by atoms with Crippen molar-refractivity contribution in [3.05, 3.63) is 0 Å². The molecule has 0 saturated carbocycles. The van der Waals surface area contributed by atoms with Crippen molar-refractivity contribution >= 4 is 35.1 Å². The normalized spacial score (nSPS) is 15.5. The van der Waals surface area contributed by atoms with E-state index < -0.39 is 0 Å². The highest BCUT2D eigenvalue weighted by Gasteiger charge is 2.26. The average molecular weight is 314 g/mol. The molecule has 0 spiro atoms. The van der Waals surface area contributed by atoms with Crippen molar-refractivity contribution < 1.29 is 19.2 Å². The Labute approximate surface area is 129 Å².